The van der Waals surface area contributed by atoms with Gasteiger partial charge in [0.15, 0.2) is 0 Å². The predicted octanol–water partition coefficient (Wildman–Crippen LogP) is 7.40. The number of piperazine rings is 1. The van der Waals surface area contributed by atoms with Crippen LogP contribution >= 0.6 is 0 Å². The molecule has 1 fully saturated rings. The van der Waals surface area contributed by atoms with E-state index in [0.717, 1.165) is 35.2 Å². The molecule has 1 saturated heterocycles. The highest BCUT2D eigenvalue weighted by Gasteiger charge is 2.33. The minimum absolute atomic E-state index is 0.217. The van der Waals surface area contributed by atoms with Gasteiger partial charge in [0.1, 0.15) is 18.8 Å². The molecule has 9 heteroatoms. The maximum absolute atomic E-state index is 12.6. The SMILES string of the molecule is C[C@@H]1CN(C(=O)OC(C)(C)C)C[C@H](C)N1CCCOc1cc(-c2ccc(OCc3ccccc3)nc2OCc2ccccc2)ccn1. The van der Waals surface area contributed by atoms with Crippen LogP contribution in [0.3, 0.4) is 0 Å². The van der Waals surface area contributed by atoms with Crippen molar-refractivity contribution in [2.75, 3.05) is 26.2 Å². The van der Waals surface area contributed by atoms with E-state index in [-0.39, 0.29) is 18.2 Å². The highest BCUT2D eigenvalue weighted by molar-refractivity contribution is 5.70. The van der Waals surface area contributed by atoms with E-state index in [4.69, 9.17) is 23.9 Å². The Kier molecular flexibility index (Phi) is 11.3. The molecule has 2 aromatic carbocycles. The van der Waals surface area contributed by atoms with Gasteiger partial charge in [-0.2, -0.15) is 4.98 Å². The number of hydrogen-bond donors (Lipinski definition) is 0. The summed E-state index contributed by atoms with van der Waals surface area (Å²) in [4.78, 5) is 26.1. The first kappa shape index (κ1) is 33.7. The first-order valence-corrected chi connectivity index (χ1v) is 16.3. The zero-order chi connectivity index (χ0) is 33.2. The third-order valence-electron chi connectivity index (χ3n) is 7.89. The largest absolute Gasteiger partial charge is 0.478 e. The molecule has 0 N–H and O–H groups in total. The summed E-state index contributed by atoms with van der Waals surface area (Å²) in [6.07, 6.45) is 2.32. The molecule has 2 aromatic heterocycles. The van der Waals surface area contributed by atoms with Crippen LogP contribution in [-0.2, 0) is 18.0 Å². The third kappa shape index (κ3) is 9.93. The van der Waals surface area contributed by atoms with Gasteiger partial charge in [-0.3, -0.25) is 4.90 Å². The van der Waals surface area contributed by atoms with Crippen LogP contribution in [0.2, 0.25) is 0 Å². The van der Waals surface area contributed by atoms with Gasteiger partial charge in [0.25, 0.3) is 0 Å². The zero-order valence-electron chi connectivity index (χ0n) is 28.1. The molecule has 0 unspecified atom stereocenters. The molecule has 0 saturated carbocycles. The Morgan fingerprint density at radius 1 is 0.809 bits per heavy atom. The standard InChI is InChI=1S/C38H46N4O5/c1-28-24-41(37(43)47-38(3,4)5)25-29(2)42(28)21-12-22-44-35-23-32(19-20-39-35)33-17-18-34(45-26-30-13-8-6-9-14-30)40-36(33)46-27-31-15-10-7-11-16-31/h6-11,13-20,23,28-29H,12,21-22,24-27H2,1-5H3/t28-,29+. The molecule has 248 valence electrons. The summed E-state index contributed by atoms with van der Waals surface area (Å²) in [6, 6.07) is 28.1. The van der Waals surface area contributed by atoms with E-state index in [1.165, 1.54) is 0 Å². The molecular weight excluding hydrogens is 592 g/mol. The van der Waals surface area contributed by atoms with Crippen LogP contribution in [0.4, 0.5) is 4.79 Å². The molecule has 0 radical (unpaired) electrons. The van der Waals surface area contributed by atoms with E-state index in [1.807, 2.05) is 111 Å². The van der Waals surface area contributed by atoms with Gasteiger partial charge >= 0.3 is 6.09 Å². The first-order valence-electron chi connectivity index (χ1n) is 16.3. The molecule has 5 rings (SSSR count). The summed E-state index contributed by atoms with van der Waals surface area (Å²) in [5.74, 6) is 1.50. The van der Waals surface area contributed by atoms with Crippen molar-refractivity contribution in [2.24, 2.45) is 0 Å². The quantitative estimate of drug-likeness (QED) is 0.148. The second-order valence-corrected chi connectivity index (χ2v) is 13.0. The summed E-state index contributed by atoms with van der Waals surface area (Å²) < 4.78 is 24.0. The van der Waals surface area contributed by atoms with E-state index in [0.29, 0.717) is 50.6 Å². The van der Waals surface area contributed by atoms with Crippen molar-refractivity contribution >= 4 is 6.09 Å². The maximum atomic E-state index is 12.6. The van der Waals surface area contributed by atoms with Gasteiger partial charge in [-0.25, -0.2) is 9.78 Å². The number of hydrogen-bond acceptors (Lipinski definition) is 8. The van der Waals surface area contributed by atoms with Crippen molar-refractivity contribution in [3.8, 4) is 28.8 Å². The molecule has 47 heavy (non-hydrogen) atoms. The smallest absolute Gasteiger partial charge is 0.410 e. The molecule has 1 aliphatic rings. The lowest BCUT2D eigenvalue weighted by Gasteiger charge is -2.44. The number of rotatable bonds is 12. The molecular formula is C38H46N4O5. The lowest BCUT2D eigenvalue weighted by molar-refractivity contribution is -0.00844. The van der Waals surface area contributed by atoms with Gasteiger partial charge in [-0.15, -0.1) is 0 Å². The Morgan fingerprint density at radius 3 is 2.09 bits per heavy atom. The number of nitrogens with zero attached hydrogens (tertiary/aromatic N) is 4. The number of amides is 1. The van der Waals surface area contributed by atoms with E-state index in [1.54, 1.807) is 6.20 Å². The van der Waals surface area contributed by atoms with E-state index < -0.39 is 5.60 Å². The number of carbonyl (C=O) groups is 1. The van der Waals surface area contributed by atoms with E-state index in [9.17, 15) is 4.79 Å². The Morgan fingerprint density at radius 2 is 1.45 bits per heavy atom. The zero-order valence-corrected chi connectivity index (χ0v) is 28.1. The Labute approximate surface area is 278 Å². The maximum Gasteiger partial charge on any atom is 0.410 e. The van der Waals surface area contributed by atoms with Crippen molar-refractivity contribution in [1.29, 1.82) is 0 Å². The van der Waals surface area contributed by atoms with Crippen LogP contribution in [0.15, 0.2) is 91.1 Å². The van der Waals surface area contributed by atoms with Crippen LogP contribution in [0.25, 0.3) is 11.1 Å². The van der Waals surface area contributed by atoms with Gasteiger partial charge in [0.05, 0.1) is 6.61 Å². The summed E-state index contributed by atoms with van der Waals surface area (Å²) in [5, 5.41) is 0. The van der Waals surface area contributed by atoms with Gasteiger partial charge in [0.2, 0.25) is 17.6 Å². The lowest BCUT2D eigenvalue weighted by Crippen LogP contribution is -2.58. The number of carbonyl (C=O) groups excluding carboxylic acids is 1. The van der Waals surface area contributed by atoms with Crippen LogP contribution in [0, 0.1) is 0 Å². The van der Waals surface area contributed by atoms with Crippen molar-refractivity contribution in [3.63, 3.8) is 0 Å². The Bertz CT molecular complexity index is 1570. The number of pyridine rings is 2. The summed E-state index contributed by atoms with van der Waals surface area (Å²) in [5.41, 5.74) is 3.32. The normalized spacial score (nSPS) is 16.8. The molecule has 4 aromatic rings. The molecule has 0 aliphatic carbocycles. The second-order valence-electron chi connectivity index (χ2n) is 13.0. The predicted molar refractivity (Wildman–Crippen MR) is 183 cm³/mol. The molecule has 9 nitrogen and oxygen atoms in total. The van der Waals surface area contributed by atoms with Crippen LogP contribution in [0.1, 0.15) is 52.2 Å². The summed E-state index contributed by atoms with van der Waals surface area (Å²) in [6.45, 7) is 13.4. The van der Waals surface area contributed by atoms with Gasteiger partial charge in [0, 0.05) is 55.6 Å². The van der Waals surface area contributed by atoms with Gasteiger partial charge < -0.3 is 23.8 Å². The summed E-state index contributed by atoms with van der Waals surface area (Å²) in [7, 11) is 0. The Balaban J connectivity index is 1.20. The van der Waals surface area contributed by atoms with Crippen LogP contribution in [-0.4, -0.2) is 69.8 Å². The number of aromatic nitrogens is 2. The third-order valence-corrected chi connectivity index (χ3v) is 7.89. The molecule has 1 amide bonds. The highest BCUT2D eigenvalue weighted by Crippen LogP contribution is 2.33. The van der Waals surface area contributed by atoms with Crippen LogP contribution < -0.4 is 14.2 Å². The van der Waals surface area contributed by atoms with Crippen molar-refractivity contribution in [2.45, 2.75) is 71.9 Å². The second kappa shape index (κ2) is 15.8. The minimum Gasteiger partial charge on any atom is -0.478 e. The average Bonchev–Trinajstić information content (AvgIpc) is 3.06. The molecule has 0 bridgehead atoms. The van der Waals surface area contributed by atoms with Crippen molar-refractivity contribution in [3.05, 3.63) is 102 Å². The Hall–Kier alpha value is -4.63. The van der Waals surface area contributed by atoms with Gasteiger partial charge in [-0.05, 0) is 69.9 Å². The fraction of sp³-hybridized carbons (Fsp3) is 0.395. The van der Waals surface area contributed by atoms with E-state index >= 15 is 0 Å². The van der Waals surface area contributed by atoms with Gasteiger partial charge in [-0.1, -0.05) is 60.7 Å². The molecule has 0 spiro atoms. The summed E-state index contributed by atoms with van der Waals surface area (Å²) >= 11 is 0. The molecule has 2 atom stereocenters. The van der Waals surface area contributed by atoms with Crippen molar-refractivity contribution in [1.82, 2.24) is 19.8 Å². The monoisotopic (exact) mass is 638 g/mol. The fourth-order valence-corrected chi connectivity index (χ4v) is 5.64. The fourth-order valence-electron chi connectivity index (χ4n) is 5.64. The molecule has 3 heterocycles. The molecule has 1 aliphatic heterocycles. The number of benzene rings is 2. The van der Waals surface area contributed by atoms with Crippen molar-refractivity contribution < 1.29 is 23.7 Å². The van der Waals surface area contributed by atoms with E-state index in [2.05, 4.69) is 23.7 Å². The number of ether oxygens (including phenoxy) is 4. The average molecular weight is 639 g/mol. The first-order chi connectivity index (χ1) is 22.6. The van der Waals surface area contributed by atoms with Crippen LogP contribution in [0.5, 0.6) is 17.6 Å². The minimum atomic E-state index is -0.503. The highest BCUT2D eigenvalue weighted by atomic mass is 16.6. The lowest BCUT2D eigenvalue weighted by atomic mass is 10.1. The topological polar surface area (TPSA) is 86.3 Å².